The van der Waals surface area contributed by atoms with Gasteiger partial charge in [-0.3, -0.25) is 0 Å². The molecule has 70 valence electrons. The molecule has 0 radical (unpaired) electrons. The van der Waals surface area contributed by atoms with Crippen molar-refractivity contribution < 1.29 is 0 Å². The molecule has 3 N–H and O–H groups in total. The summed E-state index contributed by atoms with van der Waals surface area (Å²) in [5, 5.41) is 7.67. The molecule has 0 aromatic heterocycles. The van der Waals surface area contributed by atoms with Crippen molar-refractivity contribution in [3.63, 3.8) is 0 Å². The predicted molar refractivity (Wildman–Crippen MR) is 57.4 cm³/mol. The first-order chi connectivity index (χ1) is 6.19. The third-order valence-corrected chi connectivity index (χ3v) is 2.20. The van der Waals surface area contributed by atoms with Gasteiger partial charge in [0.2, 0.25) is 0 Å². The lowest BCUT2D eigenvalue weighted by Crippen LogP contribution is -2.02. The standard InChI is InChI=1S/C11H16N2/c1-3-8-5-6-9(10(12)4-2)11(13)7-8/h5-7,12H,3-4,13H2,1-2H3. The van der Waals surface area contributed by atoms with Crippen molar-refractivity contribution in [1.29, 1.82) is 5.41 Å². The quantitative estimate of drug-likeness (QED) is 0.539. The van der Waals surface area contributed by atoms with Crippen molar-refractivity contribution in [3.8, 4) is 0 Å². The first-order valence-corrected chi connectivity index (χ1v) is 4.65. The fourth-order valence-electron chi connectivity index (χ4n) is 1.30. The largest absolute Gasteiger partial charge is 0.398 e. The number of nitrogens with two attached hydrogens (primary N) is 1. The molecule has 1 rings (SSSR count). The molecule has 1 aromatic rings. The van der Waals surface area contributed by atoms with E-state index in [9.17, 15) is 0 Å². The monoisotopic (exact) mass is 176 g/mol. The molecule has 2 heteroatoms. The van der Waals surface area contributed by atoms with Gasteiger partial charge in [-0.1, -0.05) is 26.0 Å². The Kier molecular flexibility index (Phi) is 3.07. The molecule has 0 saturated carbocycles. The van der Waals surface area contributed by atoms with Crippen LogP contribution in [0.25, 0.3) is 0 Å². The van der Waals surface area contributed by atoms with Gasteiger partial charge in [-0.2, -0.15) is 0 Å². The fourth-order valence-corrected chi connectivity index (χ4v) is 1.30. The molecule has 0 aliphatic heterocycles. The Morgan fingerprint density at radius 2 is 2.08 bits per heavy atom. The van der Waals surface area contributed by atoms with Crippen LogP contribution in [-0.2, 0) is 6.42 Å². The Labute approximate surface area is 79.3 Å². The van der Waals surface area contributed by atoms with Gasteiger partial charge < -0.3 is 11.1 Å². The molecule has 0 unspecified atom stereocenters. The van der Waals surface area contributed by atoms with E-state index in [4.69, 9.17) is 11.1 Å². The Hall–Kier alpha value is -1.31. The number of hydrogen-bond acceptors (Lipinski definition) is 2. The van der Waals surface area contributed by atoms with Crippen molar-refractivity contribution in [1.82, 2.24) is 0 Å². The van der Waals surface area contributed by atoms with Crippen LogP contribution in [0.1, 0.15) is 31.4 Å². The zero-order chi connectivity index (χ0) is 9.84. The normalized spacial score (nSPS) is 10.0. The van der Waals surface area contributed by atoms with Crippen molar-refractivity contribution >= 4 is 11.4 Å². The second-order valence-electron chi connectivity index (χ2n) is 3.11. The minimum Gasteiger partial charge on any atom is -0.398 e. The van der Waals surface area contributed by atoms with E-state index in [2.05, 4.69) is 6.92 Å². The molecule has 0 amide bonds. The molecule has 0 saturated heterocycles. The van der Waals surface area contributed by atoms with Gasteiger partial charge in [0.25, 0.3) is 0 Å². The summed E-state index contributed by atoms with van der Waals surface area (Å²) in [7, 11) is 0. The molecule has 0 spiro atoms. The van der Waals surface area contributed by atoms with Crippen LogP contribution < -0.4 is 5.73 Å². The summed E-state index contributed by atoms with van der Waals surface area (Å²) in [6.45, 7) is 4.06. The lowest BCUT2D eigenvalue weighted by Gasteiger charge is -2.06. The molecule has 0 fully saturated rings. The van der Waals surface area contributed by atoms with Gasteiger partial charge in [0.15, 0.2) is 0 Å². The molecular weight excluding hydrogens is 160 g/mol. The van der Waals surface area contributed by atoms with Gasteiger partial charge >= 0.3 is 0 Å². The average Bonchev–Trinajstić information content (AvgIpc) is 2.16. The highest BCUT2D eigenvalue weighted by Crippen LogP contribution is 2.16. The van der Waals surface area contributed by atoms with Gasteiger partial charge in [0.05, 0.1) is 0 Å². The first-order valence-electron chi connectivity index (χ1n) is 4.65. The van der Waals surface area contributed by atoms with Gasteiger partial charge in [0.1, 0.15) is 0 Å². The van der Waals surface area contributed by atoms with Crippen LogP contribution in [0.4, 0.5) is 5.69 Å². The molecular formula is C11H16N2. The minimum atomic E-state index is 0.611. The van der Waals surface area contributed by atoms with Crippen molar-refractivity contribution in [2.45, 2.75) is 26.7 Å². The Morgan fingerprint density at radius 1 is 1.38 bits per heavy atom. The molecule has 0 atom stereocenters. The number of aryl methyl sites for hydroxylation is 1. The Morgan fingerprint density at radius 3 is 2.54 bits per heavy atom. The zero-order valence-electron chi connectivity index (χ0n) is 8.22. The number of anilines is 1. The maximum Gasteiger partial charge on any atom is 0.0408 e. The maximum absolute atomic E-state index is 7.67. The summed E-state index contributed by atoms with van der Waals surface area (Å²) in [4.78, 5) is 0. The van der Waals surface area contributed by atoms with Crippen molar-refractivity contribution in [2.75, 3.05) is 5.73 Å². The van der Waals surface area contributed by atoms with E-state index in [0.717, 1.165) is 24.1 Å². The summed E-state index contributed by atoms with van der Waals surface area (Å²) in [6, 6.07) is 5.94. The van der Waals surface area contributed by atoms with E-state index < -0.39 is 0 Å². The summed E-state index contributed by atoms with van der Waals surface area (Å²) >= 11 is 0. The predicted octanol–water partition coefficient (Wildman–Crippen LogP) is 2.61. The number of hydrogen-bond donors (Lipinski definition) is 2. The third-order valence-electron chi connectivity index (χ3n) is 2.20. The van der Waals surface area contributed by atoms with E-state index in [1.165, 1.54) is 5.56 Å². The van der Waals surface area contributed by atoms with E-state index in [-0.39, 0.29) is 0 Å². The van der Waals surface area contributed by atoms with E-state index in [0.29, 0.717) is 5.71 Å². The zero-order valence-corrected chi connectivity index (χ0v) is 8.22. The summed E-state index contributed by atoms with van der Waals surface area (Å²) in [5.41, 5.74) is 9.27. The molecule has 0 heterocycles. The van der Waals surface area contributed by atoms with E-state index in [1.54, 1.807) is 0 Å². The Balaban J connectivity index is 3.05. The summed E-state index contributed by atoms with van der Waals surface area (Å²) < 4.78 is 0. The van der Waals surface area contributed by atoms with Gasteiger partial charge in [-0.05, 0) is 24.5 Å². The number of rotatable bonds is 3. The second kappa shape index (κ2) is 4.08. The molecule has 0 aliphatic carbocycles. The highest BCUT2D eigenvalue weighted by Gasteiger charge is 2.03. The van der Waals surface area contributed by atoms with E-state index >= 15 is 0 Å². The third kappa shape index (κ3) is 2.08. The summed E-state index contributed by atoms with van der Waals surface area (Å²) in [5.74, 6) is 0. The maximum atomic E-state index is 7.67. The number of benzene rings is 1. The molecule has 2 nitrogen and oxygen atoms in total. The molecule has 1 aromatic carbocycles. The SMILES string of the molecule is CCC(=N)c1ccc(CC)cc1N. The van der Waals surface area contributed by atoms with Crippen LogP contribution in [0.3, 0.4) is 0 Å². The van der Waals surface area contributed by atoms with Crippen molar-refractivity contribution in [2.24, 2.45) is 0 Å². The topological polar surface area (TPSA) is 49.9 Å². The molecule has 0 bridgehead atoms. The van der Waals surface area contributed by atoms with Crippen LogP contribution in [0, 0.1) is 5.41 Å². The first kappa shape index (κ1) is 9.78. The van der Waals surface area contributed by atoms with Crippen molar-refractivity contribution in [3.05, 3.63) is 29.3 Å². The number of nitrogen functional groups attached to an aromatic ring is 1. The second-order valence-corrected chi connectivity index (χ2v) is 3.11. The highest BCUT2D eigenvalue weighted by atomic mass is 14.6. The smallest absolute Gasteiger partial charge is 0.0408 e. The lowest BCUT2D eigenvalue weighted by molar-refractivity contribution is 1.14. The summed E-state index contributed by atoms with van der Waals surface area (Å²) in [6.07, 6.45) is 1.72. The fraction of sp³-hybridized carbons (Fsp3) is 0.364. The van der Waals surface area contributed by atoms with Gasteiger partial charge in [0, 0.05) is 17.0 Å². The lowest BCUT2D eigenvalue weighted by atomic mass is 10.0. The number of nitrogens with one attached hydrogen (secondary N) is 1. The minimum absolute atomic E-state index is 0.611. The average molecular weight is 176 g/mol. The van der Waals surface area contributed by atoms with Gasteiger partial charge in [-0.15, -0.1) is 0 Å². The van der Waals surface area contributed by atoms with Crippen LogP contribution in [0.5, 0.6) is 0 Å². The molecule has 0 aliphatic rings. The van der Waals surface area contributed by atoms with E-state index in [1.807, 2.05) is 25.1 Å². The van der Waals surface area contributed by atoms with Crippen LogP contribution in [-0.4, -0.2) is 5.71 Å². The Bertz CT molecular complexity index is 316. The van der Waals surface area contributed by atoms with Crippen LogP contribution in [0.2, 0.25) is 0 Å². The van der Waals surface area contributed by atoms with Gasteiger partial charge in [-0.25, -0.2) is 0 Å². The highest BCUT2D eigenvalue weighted by molar-refractivity contribution is 6.02. The van der Waals surface area contributed by atoms with Crippen LogP contribution in [0.15, 0.2) is 18.2 Å². The van der Waals surface area contributed by atoms with Crippen LogP contribution >= 0.6 is 0 Å². The molecule has 13 heavy (non-hydrogen) atoms.